The Hall–Kier alpha value is 0.170. The largest absolute Gasteiger partial charge is 0.0623 e. The molecule has 0 aromatic carbocycles. The molecule has 0 N–H and O–H groups in total. The van der Waals surface area contributed by atoms with Crippen molar-refractivity contribution in [3.05, 3.63) is 48.6 Å². The molecule has 0 amide bonds. The van der Waals surface area contributed by atoms with Gasteiger partial charge in [-0.1, -0.05) is 107 Å². The molecule has 1 aliphatic carbocycles. The van der Waals surface area contributed by atoms with Crippen LogP contribution in [0.3, 0.4) is 0 Å². The Morgan fingerprint density at radius 3 is 0.857 bits per heavy atom. The Bertz CT molecular complexity index is 415. The molecule has 1 aliphatic heterocycles. The Labute approximate surface area is 152 Å². The van der Waals surface area contributed by atoms with Gasteiger partial charge in [-0.2, -0.15) is 0 Å². The second-order valence-corrected chi connectivity index (χ2v) is 9.85. The average molecular weight is 483 g/mol. The minimum Gasteiger partial charge on any atom is -0.0623 e. The van der Waals surface area contributed by atoms with Gasteiger partial charge in [-0.3, -0.25) is 0 Å². The Balaban J connectivity index is 0.000000390. The summed E-state index contributed by atoms with van der Waals surface area (Å²) >= 11 is 0. The third kappa shape index (κ3) is 8.39. The smallest absolute Gasteiger partial charge is 0.0132 e. The number of hydrogen-bond donors (Lipinski definition) is 0. The van der Waals surface area contributed by atoms with Crippen molar-refractivity contribution in [2.45, 2.75) is 41.5 Å². The van der Waals surface area contributed by atoms with E-state index in [4.69, 9.17) is 0 Å². The van der Waals surface area contributed by atoms with E-state index in [-0.39, 0.29) is 25.8 Å². The van der Waals surface area contributed by atoms with Crippen LogP contribution in [0.15, 0.2) is 48.6 Å². The molecule has 0 saturated heterocycles. The maximum atomic E-state index is 2.31. The van der Waals surface area contributed by atoms with Gasteiger partial charge in [0, 0.05) is 35.9 Å². The quantitative estimate of drug-likeness (QED) is 0.274. The monoisotopic (exact) mass is 484 g/mol. The molecule has 0 bridgehead atoms. The molecule has 0 spiro atoms. The first-order chi connectivity index (χ1) is 9.21. The minimum absolute atomic E-state index is 0. The van der Waals surface area contributed by atoms with E-state index in [2.05, 4.69) is 41.5 Å². The molecule has 0 atom stereocenters. The van der Waals surface area contributed by atoms with Gasteiger partial charge in [0.05, 0.1) is 0 Å². The van der Waals surface area contributed by atoms with Crippen LogP contribution < -0.4 is 0 Å². The number of allylic oxidation sites excluding steroid dienone is 8. The number of hydrogen-bond acceptors (Lipinski definition) is 0. The molecule has 0 aromatic rings. The molecule has 0 unspecified atom stereocenters. The first-order valence-corrected chi connectivity index (χ1v) is 8.85. The van der Waals surface area contributed by atoms with Crippen molar-refractivity contribution in [1.29, 1.82) is 0 Å². The van der Waals surface area contributed by atoms with Gasteiger partial charge in [0.15, 0.2) is 0 Å². The van der Waals surface area contributed by atoms with E-state index in [9.17, 15) is 0 Å². The topological polar surface area (TPSA) is 0 Å². The molecule has 112 valence electrons. The summed E-state index contributed by atoms with van der Waals surface area (Å²) < 4.78 is 0. The van der Waals surface area contributed by atoms with E-state index in [1.807, 2.05) is 48.6 Å². The Morgan fingerprint density at radius 1 is 0.524 bits per heavy atom. The summed E-state index contributed by atoms with van der Waals surface area (Å²) in [4.78, 5) is 0. The van der Waals surface area contributed by atoms with Crippen molar-refractivity contribution in [2.24, 2.45) is 10.8 Å². The summed E-state index contributed by atoms with van der Waals surface area (Å²) in [6.45, 7) is 13.8. The molecular formula is C18H26HfP2. The van der Waals surface area contributed by atoms with E-state index < -0.39 is 0 Å². The van der Waals surface area contributed by atoms with Crippen LogP contribution in [0.4, 0.5) is 0 Å². The van der Waals surface area contributed by atoms with Crippen molar-refractivity contribution in [3.8, 4) is 0 Å². The van der Waals surface area contributed by atoms with Gasteiger partial charge in [-0.15, -0.1) is 0 Å². The second kappa shape index (κ2) is 9.34. The van der Waals surface area contributed by atoms with E-state index in [0.717, 1.165) is 0 Å². The molecule has 1 heterocycles. The van der Waals surface area contributed by atoms with Gasteiger partial charge >= 0.3 is 0 Å². The fraction of sp³-hybridized carbons (Fsp3) is 0.444. The maximum absolute atomic E-state index is 2.31. The van der Waals surface area contributed by atoms with Crippen LogP contribution in [0, 0.1) is 10.8 Å². The van der Waals surface area contributed by atoms with Crippen molar-refractivity contribution >= 4 is 26.5 Å². The van der Waals surface area contributed by atoms with Crippen molar-refractivity contribution in [3.63, 3.8) is 0 Å². The molecule has 21 heavy (non-hydrogen) atoms. The third-order valence-electron chi connectivity index (χ3n) is 2.65. The van der Waals surface area contributed by atoms with Crippen LogP contribution in [0.25, 0.3) is 0 Å². The van der Waals surface area contributed by atoms with Crippen LogP contribution in [0.2, 0.25) is 0 Å². The molecule has 0 aromatic heterocycles. The van der Waals surface area contributed by atoms with Crippen LogP contribution >= 0.6 is 16.4 Å². The normalized spacial score (nSPS) is 24.1. The second-order valence-electron chi connectivity index (χ2n) is 6.91. The maximum Gasteiger partial charge on any atom is 0.0132 e. The van der Waals surface area contributed by atoms with Gasteiger partial charge in [0.2, 0.25) is 0 Å². The standard InChI is InChI=1S/C10H18P2.C8H8.Hf/c1-9(2,3)7-11-8(12-7)10(4,5)6;1-2-4-6-8-7-5-3-1;/h1-6H3;1-8H;/b;2-1-,3-1?,4-2?,5-3-,6-4-,7-5?,8-6?,8-7-;. The van der Waals surface area contributed by atoms with Crippen molar-refractivity contribution in [1.82, 2.24) is 0 Å². The predicted molar refractivity (Wildman–Crippen MR) is 99.3 cm³/mol. The zero-order valence-corrected chi connectivity index (χ0v) is 19.4. The SMILES string of the molecule is C1=C\C=C/C=C\C=C/1.CC(C)(C)C1=PC(C(C)(C)C)=P1.[Hf]. The zero-order valence-electron chi connectivity index (χ0n) is 14.0. The molecule has 2 rings (SSSR count). The van der Waals surface area contributed by atoms with Gasteiger partial charge < -0.3 is 0 Å². The summed E-state index contributed by atoms with van der Waals surface area (Å²) in [7, 11) is 3.04. The molecule has 2 aliphatic rings. The van der Waals surface area contributed by atoms with Crippen molar-refractivity contribution in [2.75, 3.05) is 0 Å². The fourth-order valence-electron chi connectivity index (χ4n) is 1.39. The average Bonchev–Trinajstić information content (AvgIpc) is 2.08. The zero-order chi connectivity index (χ0) is 15.2. The Kier molecular flexibility index (Phi) is 9.42. The molecule has 0 saturated carbocycles. The van der Waals surface area contributed by atoms with E-state index in [0.29, 0.717) is 10.8 Å². The molecule has 0 nitrogen and oxygen atoms in total. The third-order valence-corrected chi connectivity index (χ3v) is 7.38. The summed E-state index contributed by atoms with van der Waals surface area (Å²) in [5.41, 5.74) is 0.829. The minimum atomic E-state index is 0. The Morgan fingerprint density at radius 2 is 0.714 bits per heavy atom. The molecule has 3 heteroatoms. The van der Waals surface area contributed by atoms with Gasteiger partial charge in [-0.05, 0) is 10.8 Å². The summed E-state index contributed by atoms with van der Waals surface area (Å²) in [6, 6.07) is 0. The molecule has 0 fully saturated rings. The van der Waals surface area contributed by atoms with Crippen LogP contribution in [-0.2, 0) is 25.8 Å². The van der Waals surface area contributed by atoms with Crippen LogP contribution in [-0.4, -0.2) is 10.1 Å². The van der Waals surface area contributed by atoms with Gasteiger partial charge in [-0.25, -0.2) is 0 Å². The van der Waals surface area contributed by atoms with Gasteiger partial charge in [0.25, 0.3) is 0 Å². The molecule has 0 radical (unpaired) electrons. The predicted octanol–water partition coefficient (Wildman–Crippen LogP) is 6.47. The summed E-state index contributed by atoms with van der Waals surface area (Å²) in [6.07, 6.45) is 16.0. The first-order valence-electron chi connectivity index (χ1n) is 7.06. The van der Waals surface area contributed by atoms with Crippen LogP contribution in [0.1, 0.15) is 41.5 Å². The fourth-order valence-corrected chi connectivity index (χ4v) is 4.04. The van der Waals surface area contributed by atoms with E-state index in [1.54, 1.807) is 10.1 Å². The van der Waals surface area contributed by atoms with Crippen LogP contribution in [0.5, 0.6) is 0 Å². The summed E-state index contributed by atoms with van der Waals surface area (Å²) in [5.74, 6) is 0. The van der Waals surface area contributed by atoms with Gasteiger partial charge in [0.1, 0.15) is 0 Å². The molecular weight excluding hydrogens is 457 g/mol. The number of rotatable bonds is 0. The van der Waals surface area contributed by atoms with E-state index in [1.165, 1.54) is 16.4 Å². The van der Waals surface area contributed by atoms with Crippen molar-refractivity contribution < 1.29 is 25.8 Å². The summed E-state index contributed by atoms with van der Waals surface area (Å²) in [5, 5.41) is 3.35. The first kappa shape index (κ1) is 21.2. The van der Waals surface area contributed by atoms with E-state index >= 15 is 0 Å².